The molecule has 0 bridgehead atoms. The molecule has 1 rings (SSSR count). The van der Waals surface area contributed by atoms with Gasteiger partial charge in [-0.2, -0.15) is 5.84 Å². The van der Waals surface area contributed by atoms with E-state index in [2.05, 4.69) is 20.9 Å². The van der Waals surface area contributed by atoms with E-state index >= 15 is 0 Å². The first-order valence-corrected chi connectivity index (χ1v) is 6.11. The molecule has 4 nitrogen and oxygen atoms in total. The molecule has 0 aromatic heterocycles. The normalized spacial score (nSPS) is 37.2. The fourth-order valence-electron chi connectivity index (χ4n) is 2.22. The van der Waals surface area contributed by atoms with Crippen LogP contribution in [0.4, 0.5) is 0 Å². The van der Waals surface area contributed by atoms with E-state index in [-0.39, 0.29) is 0 Å². The summed E-state index contributed by atoms with van der Waals surface area (Å²) in [5.41, 5.74) is 5.54. The predicted molar refractivity (Wildman–Crippen MR) is 63.8 cm³/mol. The van der Waals surface area contributed by atoms with E-state index in [1.54, 1.807) is 0 Å². The van der Waals surface area contributed by atoms with Gasteiger partial charge in [0.15, 0.2) is 0 Å². The highest BCUT2D eigenvalue weighted by Gasteiger charge is 2.39. The molecular formula is C11H28N4+2. The third-order valence-corrected chi connectivity index (χ3v) is 4.17. The molecule has 0 radical (unpaired) electrons. The highest BCUT2D eigenvalue weighted by molar-refractivity contribution is 4.53. The summed E-state index contributed by atoms with van der Waals surface area (Å²) in [6, 6.07) is 0.702. The number of hydrogen-bond donors (Lipinski definition) is 2. The van der Waals surface area contributed by atoms with Crippen molar-refractivity contribution in [3.8, 4) is 0 Å². The minimum absolute atomic E-state index is 0.702. The Hall–Kier alpha value is -0.160. The van der Waals surface area contributed by atoms with Crippen LogP contribution in [0.5, 0.6) is 0 Å². The average molecular weight is 216 g/mol. The van der Waals surface area contributed by atoms with Gasteiger partial charge >= 0.3 is 0 Å². The first-order chi connectivity index (χ1) is 6.92. The Labute approximate surface area is 94.0 Å². The van der Waals surface area contributed by atoms with Crippen molar-refractivity contribution in [1.29, 1.82) is 0 Å². The molecule has 90 valence electrons. The summed E-state index contributed by atoms with van der Waals surface area (Å²) in [5, 5.41) is 0. The van der Waals surface area contributed by atoms with Gasteiger partial charge in [-0.1, -0.05) is 0 Å². The summed E-state index contributed by atoms with van der Waals surface area (Å²) in [6.07, 6.45) is 1.04. The van der Waals surface area contributed by atoms with Crippen LogP contribution in [0.15, 0.2) is 0 Å². The van der Waals surface area contributed by atoms with Crippen LogP contribution in [-0.2, 0) is 0 Å². The molecule has 4 N–H and O–H groups in total. The molecule has 1 heterocycles. The first-order valence-electron chi connectivity index (χ1n) is 6.11. The zero-order chi connectivity index (χ0) is 11.5. The minimum atomic E-state index is 0.702. The van der Waals surface area contributed by atoms with Crippen LogP contribution in [0.25, 0.3) is 0 Å². The van der Waals surface area contributed by atoms with Gasteiger partial charge in [0, 0.05) is 6.42 Å². The van der Waals surface area contributed by atoms with E-state index in [4.69, 9.17) is 11.6 Å². The van der Waals surface area contributed by atoms with Crippen molar-refractivity contribution in [2.24, 2.45) is 11.6 Å². The fourth-order valence-corrected chi connectivity index (χ4v) is 2.22. The molecule has 4 heteroatoms. The van der Waals surface area contributed by atoms with E-state index in [1.165, 1.54) is 17.6 Å². The third kappa shape index (κ3) is 3.14. The zero-order valence-electron chi connectivity index (χ0n) is 10.6. The molecule has 1 saturated heterocycles. The maximum atomic E-state index is 6.34. The Morgan fingerprint density at radius 3 is 2.07 bits per heavy atom. The third-order valence-electron chi connectivity index (χ3n) is 4.17. The number of quaternary nitrogens is 2. The Balaban J connectivity index is 2.47. The van der Waals surface area contributed by atoms with E-state index < -0.39 is 0 Å². The van der Waals surface area contributed by atoms with E-state index in [0.717, 1.165) is 37.2 Å². The standard InChI is InChI=1S/C11H28N4/c1-11(2)14(3)7-9-15(13,10-8-14)6-4-5-12/h11H,4-10,12-13H2,1-3H3/q+2. The zero-order valence-corrected chi connectivity index (χ0v) is 10.6. The lowest BCUT2D eigenvalue weighted by atomic mass is 10.1. The van der Waals surface area contributed by atoms with Crippen molar-refractivity contribution in [3.05, 3.63) is 0 Å². The molecule has 0 spiro atoms. The molecule has 0 amide bonds. The van der Waals surface area contributed by atoms with Gasteiger partial charge in [-0.05, 0) is 20.4 Å². The highest BCUT2D eigenvalue weighted by Crippen LogP contribution is 2.17. The maximum absolute atomic E-state index is 6.34. The quantitative estimate of drug-likeness (QED) is 0.509. The van der Waals surface area contributed by atoms with Crippen LogP contribution in [0.3, 0.4) is 0 Å². The first kappa shape index (κ1) is 12.9. The summed E-state index contributed by atoms with van der Waals surface area (Å²) in [7, 11) is 2.34. The Morgan fingerprint density at radius 2 is 1.67 bits per heavy atom. The molecule has 0 aliphatic carbocycles. The van der Waals surface area contributed by atoms with E-state index in [1.807, 2.05) is 0 Å². The van der Waals surface area contributed by atoms with Gasteiger partial charge in [-0.25, -0.2) is 4.59 Å². The van der Waals surface area contributed by atoms with Gasteiger partial charge in [-0.15, -0.1) is 0 Å². The van der Waals surface area contributed by atoms with Gasteiger partial charge < -0.3 is 10.2 Å². The number of hydrogen-bond acceptors (Lipinski definition) is 2. The molecule has 1 fully saturated rings. The van der Waals surface area contributed by atoms with E-state index in [0.29, 0.717) is 6.04 Å². The maximum Gasteiger partial charge on any atom is 0.146 e. The molecule has 1 aliphatic rings. The minimum Gasteiger partial charge on any atom is -0.330 e. The van der Waals surface area contributed by atoms with Gasteiger partial charge in [-0.3, -0.25) is 0 Å². The largest absolute Gasteiger partial charge is 0.330 e. The van der Waals surface area contributed by atoms with Gasteiger partial charge in [0.2, 0.25) is 0 Å². The number of rotatable bonds is 4. The van der Waals surface area contributed by atoms with Crippen molar-refractivity contribution in [1.82, 2.24) is 0 Å². The van der Waals surface area contributed by atoms with Crippen molar-refractivity contribution in [2.45, 2.75) is 26.3 Å². The molecule has 1 aliphatic heterocycles. The second-order valence-electron chi connectivity index (χ2n) is 5.55. The lowest BCUT2D eigenvalue weighted by Gasteiger charge is -2.47. The molecule has 0 saturated carbocycles. The van der Waals surface area contributed by atoms with Crippen molar-refractivity contribution >= 4 is 0 Å². The molecule has 0 aromatic rings. The van der Waals surface area contributed by atoms with Crippen LogP contribution >= 0.6 is 0 Å². The van der Waals surface area contributed by atoms with Crippen LogP contribution < -0.4 is 11.6 Å². The Morgan fingerprint density at radius 1 is 1.13 bits per heavy atom. The van der Waals surface area contributed by atoms with Crippen LogP contribution in [0.1, 0.15) is 20.3 Å². The van der Waals surface area contributed by atoms with Crippen LogP contribution in [0.2, 0.25) is 0 Å². The summed E-state index contributed by atoms with van der Waals surface area (Å²) >= 11 is 0. The van der Waals surface area contributed by atoms with Crippen LogP contribution in [0, 0.1) is 0 Å². The Kier molecular flexibility index (Phi) is 4.12. The van der Waals surface area contributed by atoms with Gasteiger partial charge in [0.05, 0.1) is 19.6 Å². The lowest BCUT2D eigenvalue weighted by molar-refractivity contribution is -1.04. The summed E-state index contributed by atoms with van der Waals surface area (Å²) < 4.78 is 1.90. The number of nitrogens with zero attached hydrogens (tertiary/aromatic N) is 2. The second-order valence-corrected chi connectivity index (χ2v) is 5.55. The molecule has 0 unspecified atom stereocenters. The number of piperazine rings is 1. The number of likely N-dealkylation sites (N-methyl/N-ethyl adjacent to an activating group) is 1. The molecule has 15 heavy (non-hydrogen) atoms. The molecule has 0 atom stereocenters. The predicted octanol–water partition coefficient (Wildman–Crippen LogP) is -0.106. The average Bonchev–Trinajstić information content (AvgIpc) is 2.20. The Bertz CT molecular complexity index is 195. The van der Waals surface area contributed by atoms with Crippen molar-refractivity contribution in [2.75, 3.05) is 46.3 Å². The van der Waals surface area contributed by atoms with Gasteiger partial charge in [0.25, 0.3) is 0 Å². The summed E-state index contributed by atoms with van der Waals surface area (Å²) in [4.78, 5) is 0. The number of nitrogens with two attached hydrogens (primary N) is 2. The summed E-state index contributed by atoms with van der Waals surface area (Å²) in [6.45, 7) is 11.0. The second kappa shape index (κ2) is 4.78. The fraction of sp³-hybridized carbons (Fsp3) is 1.00. The van der Waals surface area contributed by atoms with Crippen molar-refractivity contribution < 1.29 is 9.08 Å². The lowest BCUT2D eigenvalue weighted by Crippen LogP contribution is -2.70. The molecule has 0 aromatic carbocycles. The van der Waals surface area contributed by atoms with Crippen molar-refractivity contribution in [3.63, 3.8) is 0 Å². The highest BCUT2D eigenvalue weighted by atomic mass is 15.6. The van der Waals surface area contributed by atoms with Crippen LogP contribution in [-0.4, -0.2) is 61.4 Å². The summed E-state index contributed by atoms with van der Waals surface area (Å²) in [5.74, 6) is 6.34. The van der Waals surface area contributed by atoms with E-state index in [9.17, 15) is 0 Å². The smallest absolute Gasteiger partial charge is 0.146 e. The molecular weight excluding hydrogens is 188 g/mol. The monoisotopic (exact) mass is 216 g/mol. The SMILES string of the molecule is CC(C)[N+]1(C)CC[N+](N)(CCCN)CC1. The van der Waals surface area contributed by atoms with Gasteiger partial charge in [0.1, 0.15) is 26.2 Å². The topological polar surface area (TPSA) is 52.0 Å².